The van der Waals surface area contributed by atoms with Crippen LogP contribution in [0.5, 0.6) is 0 Å². The fraction of sp³-hybridized carbons (Fsp3) is 0.333. The molecule has 140 valence electrons. The molecule has 4 rings (SSSR count). The first kappa shape index (κ1) is 18.4. The number of H-pyrrole nitrogens is 1. The minimum Gasteiger partial charge on any atom is -0.342 e. The summed E-state index contributed by atoms with van der Waals surface area (Å²) in [6.45, 7) is 3.97. The van der Waals surface area contributed by atoms with Crippen molar-refractivity contribution in [3.63, 3.8) is 0 Å². The van der Waals surface area contributed by atoms with Crippen molar-refractivity contribution in [1.29, 1.82) is 0 Å². The van der Waals surface area contributed by atoms with Gasteiger partial charge in [-0.1, -0.05) is 42.3 Å². The number of nitrogens with one attached hydrogen (secondary N) is 1. The Kier molecular flexibility index (Phi) is 4.92. The van der Waals surface area contributed by atoms with Crippen molar-refractivity contribution in [3.8, 4) is 5.69 Å². The number of piperidine rings is 1. The van der Waals surface area contributed by atoms with Gasteiger partial charge in [0.15, 0.2) is 5.65 Å². The van der Waals surface area contributed by atoms with Crippen LogP contribution in [0.4, 0.5) is 5.95 Å². The third kappa shape index (κ3) is 3.59. The largest absolute Gasteiger partial charge is 0.342 e. The van der Waals surface area contributed by atoms with Crippen LogP contribution < -0.4 is 10.5 Å². The maximum Gasteiger partial charge on any atom is 0.264 e. The Balaban J connectivity index is 1.82. The van der Waals surface area contributed by atoms with Gasteiger partial charge in [-0.2, -0.15) is 4.98 Å². The highest BCUT2D eigenvalue weighted by molar-refractivity contribution is 7.71. The highest BCUT2D eigenvalue weighted by atomic mass is 35.5. The third-order valence-electron chi connectivity index (χ3n) is 4.82. The molecule has 9 heteroatoms. The Bertz CT molecular complexity index is 1110. The minimum absolute atomic E-state index is 0.276. The van der Waals surface area contributed by atoms with Gasteiger partial charge in [-0.3, -0.25) is 14.3 Å². The molecule has 0 spiro atoms. The van der Waals surface area contributed by atoms with Crippen molar-refractivity contribution in [2.75, 3.05) is 18.0 Å². The second-order valence-electron chi connectivity index (χ2n) is 6.81. The lowest BCUT2D eigenvalue weighted by atomic mass is 10.00. The number of hydrogen-bond donors (Lipinski definition) is 1. The quantitative estimate of drug-likeness (QED) is 0.621. The lowest BCUT2D eigenvalue weighted by molar-refractivity contribution is 0.434. The van der Waals surface area contributed by atoms with Crippen LogP contribution >= 0.6 is 35.4 Å². The molecule has 2 aromatic heterocycles. The van der Waals surface area contributed by atoms with Crippen molar-refractivity contribution < 1.29 is 0 Å². The summed E-state index contributed by atoms with van der Waals surface area (Å²) < 4.78 is 1.92. The molecule has 0 atom stereocenters. The zero-order valence-corrected chi connectivity index (χ0v) is 16.9. The predicted molar refractivity (Wildman–Crippen MR) is 111 cm³/mol. The van der Waals surface area contributed by atoms with Crippen molar-refractivity contribution in [2.24, 2.45) is 5.92 Å². The molecule has 0 radical (unpaired) electrons. The molecule has 1 aromatic carbocycles. The summed E-state index contributed by atoms with van der Waals surface area (Å²) in [6, 6.07) is 5.05. The van der Waals surface area contributed by atoms with Crippen molar-refractivity contribution in [3.05, 3.63) is 49.6 Å². The van der Waals surface area contributed by atoms with Crippen LogP contribution in [0.2, 0.25) is 10.0 Å². The molecular formula is C18H17Cl2N5OS. The van der Waals surface area contributed by atoms with Gasteiger partial charge in [0, 0.05) is 23.1 Å². The van der Waals surface area contributed by atoms with Crippen LogP contribution in [0.1, 0.15) is 19.8 Å². The summed E-state index contributed by atoms with van der Waals surface area (Å²) in [7, 11) is 0. The average molecular weight is 422 g/mol. The van der Waals surface area contributed by atoms with E-state index in [9.17, 15) is 4.79 Å². The van der Waals surface area contributed by atoms with Gasteiger partial charge in [0.2, 0.25) is 5.95 Å². The van der Waals surface area contributed by atoms with Crippen LogP contribution in [0, 0.1) is 10.6 Å². The minimum atomic E-state index is -0.298. The van der Waals surface area contributed by atoms with E-state index in [0.29, 0.717) is 37.9 Å². The van der Waals surface area contributed by atoms with Gasteiger partial charge in [-0.15, -0.1) is 0 Å². The Hall–Kier alpha value is -1.96. The van der Waals surface area contributed by atoms with Crippen LogP contribution in [0.15, 0.2) is 29.3 Å². The molecule has 1 aliphatic heterocycles. The van der Waals surface area contributed by atoms with Crippen LogP contribution in [0.3, 0.4) is 0 Å². The predicted octanol–water partition coefficient (Wildman–Crippen LogP) is 4.38. The summed E-state index contributed by atoms with van der Waals surface area (Å²) in [5.41, 5.74) is 0.677. The van der Waals surface area contributed by atoms with Crippen LogP contribution in [-0.4, -0.2) is 32.6 Å². The summed E-state index contributed by atoms with van der Waals surface area (Å²) in [4.78, 5) is 26.6. The lowest BCUT2D eigenvalue weighted by Crippen LogP contribution is -2.35. The molecule has 1 N–H and O–H groups in total. The smallest absolute Gasteiger partial charge is 0.264 e. The maximum absolute atomic E-state index is 12.8. The summed E-state index contributed by atoms with van der Waals surface area (Å²) >= 11 is 17.7. The lowest BCUT2D eigenvalue weighted by Gasteiger charge is -2.30. The standard InChI is InChI=1S/C18H17Cl2N5OS/c1-10-2-4-24(5-3-10)18-22-15-14(16(26)23-18)17(27)25(9-21-15)13-7-11(19)6-12(20)8-13/h6-10H,2-5H2,1H3,(H,22,23,26). The summed E-state index contributed by atoms with van der Waals surface area (Å²) in [5.74, 6) is 1.24. The van der Waals surface area contributed by atoms with Crippen molar-refractivity contribution in [2.45, 2.75) is 19.8 Å². The van der Waals surface area contributed by atoms with E-state index < -0.39 is 0 Å². The van der Waals surface area contributed by atoms with Crippen molar-refractivity contribution in [1.82, 2.24) is 19.5 Å². The number of nitrogens with zero attached hydrogens (tertiary/aromatic N) is 4. The van der Waals surface area contributed by atoms with Gasteiger partial charge < -0.3 is 4.90 Å². The molecule has 0 bridgehead atoms. The summed E-state index contributed by atoms with van der Waals surface area (Å²) in [5, 5.41) is 1.22. The summed E-state index contributed by atoms with van der Waals surface area (Å²) in [6.07, 6.45) is 3.69. The number of fused-ring (bicyclic) bond motifs is 1. The molecule has 3 heterocycles. The normalized spacial score (nSPS) is 15.4. The fourth-order valence-corrected chi connectivity index (χ4v) is 4.10. The molecule has 6 nitrogen and oxygen atoms in total. The van der Waals surface area contributed by atoms with Crippen LogP contribution in [0.25, 0.3) is 16.7 Å². The Morgan fingerprint density at radius 2 is 1.85 bits per heavy atom. The molecule has 0 saturated carbocycles. The molecule has 0 amide bonds. The van der Waals surface area contributed by atoms with Gasteiger partial charge in [0.05, 0.1) is 5.69 Å². The highest BCUT2D eigenvalue weighted by Gasteiger charge is 2.19. The Morgan fingerprint density at radius 3 is 2.52 bits per heavy atom. The van der Waals surface area contributed by atoms with Gasteiger partial charge in [-0.25, -0.2) is 4.98 Å². The highest BCUT2D eigenvalue weighted by Crippen LogP contribution is 2.24. The molecule has 1 fully saturated rings. The van der Waals surface area contributed by atoms with E-state index in [1.165, 1.54) is 0 Å². The second-order valence-corrected chi connectivity index (χ2v) is 8.06. The van der Waals surface area contributed by atoms with E-state index in [0.717, 1.165) is 25.9 Å². The molecule has 27 heavy (non-hydrogen) atoms. The van der Waals surface area contributed by atoms with Gasteiger partial charge >= 0.3 is 0 Å². The Morgan fingerprint density at radius 1 is 1.19 bits per heavy atom. The fourth-order valence-electron chi connectivity index (χ4n) is 3.25. The van der Waals surface area contributed by atoms with E-state index in [2.05, 4.69) is 26.8 Å². The second kappa shape index (κ2) is 7.22. The number of halogens is 2. The number of hydrogen-bond acceptors (Lipinski definition) is 5. The van der Waals surface area contributed by atoms with Gasteiger partial charge in [0.1, 0.15) is 16.4 Å². The first-order valence-corrected chi connectivity index (χ1v) is 9.82. The van der Waals surface area contributed by atoms with Crippen LogP contribution in [-0.2, 0) is 0 Å². The number of aromatic nitrogens is 4. The number of aromatic amines is 1. The zero-order chi connectivity index (χ0) is 19.1. The van der Waals surface area contributed by atoms with E-state index in [1.807, 2.05) is 0 Å². The van der Waals surface area contributed by atoms with E-state index in [-0.39, 0.29) is 10.9 Å². The molecule has 0 unspecified atom stereocenters. The number of anilines is 1. The topological polar surface area (TPSA) is 66.8 Å². The van der Waals surface area contributed by atoms with Crippen molar-refractivity contribution >= 4 is 52.4 Å². The van der Waals surface area contributed by atoms with E-state index >= 15 is 0 Å². The zero-order valence-electron chi connectivity index (χ0n) is 14.6. The average Bonchev–Trinajstić information content (AvgIpc) is 2.61. The third-order valence-corrected chi connectivity index (χ3v) is 5.66. The van der Waals surface area contributed by atoms with Gasteiger partial charge in [-0.05, 0) is 37.0 Å². The van der Waals surface area contributed by atoms with E-state index in [4.69, 9.17) is 35.4 Å². The first-order valence-electron chi connectivity index (χ1n) is 8.65. The molecule has 1 aliphatic rings. The number of rotatable bonds is 2. The molecule has 3 aromatic rings. The van der Waals surface area contributed by atoms with E-state index in [1.54, 1.807) is 29.1 Å². The molecule has 0 aliphatic carbocycles. The maximum atomic E-state index is 12.8. The SMILES string of the molecule is CC1CCN(c2nc3ncn(-c4cc(Cl)cc(Cl)c4)c(=S)c3c(=O)[nH]2)CC1. The van der Waals surface area contributed by atoms with Gasteiger partial charge in [0.25, 0.3) is 5.56 Å². The first-order chi connectivity index (χ1) is 12.9. The Labute approximate surface area is 170 Å². The molecule has 1 saturated heterocycles. The molecular weight excluding hydrogens is 405 g/mol. The monoisotopic (exact) mass is 421 g/mol. The number of benzene rings is 1.